The molecular formula is C20H26FNO6. The van der Waals surface area contributed by atoms with Gasteiger partial charge in [0, 0.05) is 5.92 Å². The predicted molar refractivity (Wildman–Crippen MR) is 92.2 cm³/mol. The van der Waals surface area contributed by atoms with Crippen molar-refractivity contribution in [3.63, 3.8) is 0 Å². The average molecular weight is 395 g/mol. The molecule has 0 spiro atoms. The van der Waals surface area contributed by atoms with Crippen LogP contribution < -0.4 is 5.73 Å². The Morgan fingerprint density at radius 3 is 2.11 bits per heavy atom. The predicted octanol–water partition coefficient (Wildman–Crippen LogP) is 1.63. The van der Waals surface area contributed by atoms with Gasteiger partial charge < -0.3 is 20.3 Å². The lowest BCUT2D eigenvalue weighted by Gasteiger charge is -2.55. The normalized spacial score (nSPS) is 50.1. The first-order valence-electron chi connectivity index (χ1n) is 10.2. The van der Waals surface area contributed by atoms with Crippen LogP contribution in [0.2, 0.25) is 0 Å². The molecule has 0 aromatic rings. The molecule has 0 aromatic heterocycles. The second-order valence-corrected chi connectivity index (χ2v) is 9.87. The number of carboxylic acids is 1. The Labute approximate surface area is 162 Å². The Morgan fingerprint density at radius 1 is 1.00 bits per heavy atom. The summed E-state index contributed by atoms with van der Waals surface area (Å²) in [6.45, 7) is -0.473. The van der Waals surface area contributed by atoms with E-state index >= 15 is 0 Å². The van der Waals surface area contributed by atoms with Gasteiger partial charge in [0.15, 0.2) is 0 Å². The molecule has 6 rings (SSSR count). The van der Waals surface area contributed by atoms with Crippen LogP contribution in [0, 0.1) is 40.9 Å². The number of hydrogen-bond donors (Lipinski definition) is 2. The Hall–Kier alpha value is -1.70. The molecule has 6 fully saturated rings. The van der Waals surface area contributed by atoms with E-state index in [0.717, 1.165) is 19.3 Å². The summed E-state index contributed by atoms with van der Waals surface area (Å²) in [4.78, 5) is 36.4. The van der Waals surface area contributed by atoms with E-state index in [1.165, 1.54) is 19.3 Å². The summed E-state index contributed by atoms with van der Waals surface area (Å²) < 4.78 is 24.3. The van der Waals surface area contributed by atoms with E-state index in [1.54, 1.807) is 0 Å². The molecular weight excluding hydrogens is 369 g/mol. The molecule has 0 aromatic carbocycles. The number of halogens is 1. The van der Waals surface area contributed by atoms with Crippen molar-refractivity contribution in [1.82, 2.24) is 0 Å². The number of rotatable bonds is 5. The third-order valence-electron chi connectivity index (χ3n) is 8.22. The molecule has 0 heterocycles. The zero-order valence-corrected chi connectivity index (χ0v) is 15.6. The van der Waals surface area contributed by atoms with E-state index in [-0.39, 0.29) is 12.4 Å². The number of nitrogens with two attached hydrogens (primary N) is 1. The maximum absolute atomic E-state index is 13.9. The highest BCUT2D eigenvalue weighted by Crippen LogP contribution is 2.63. The Bertz CT molecular complexity index is 705. The van der Waals surface area contributed by atoms with Gasteiger partial charge >= 0.3 is 17.9 Å². The molecule has 6 saturated carbocycles. The monoisotopic (exact) mass is 395 g/mol. The Balaban J connectivity index is 1.15. The first kappa shape index (κ1) is 18.3. The third kappa shape index (κ3) is 2.46. The Morgan fingerprint density at radius 2 is 1.57 bits per heavy atom. The summed E-state index contributed by atoms with van der Waals surface area (Å²) in [5, 5.41) is 9.25. The minimum atomic E-state index is -2.04. The smallest absolute Gasteiger partial charge is 0.327 e. The fourth-order valence-corrected chi connectivity index (χ4v) is 7.31. The quantitative estimate of drug-likeness (QED) is 0.537. The molecule has 5 atom stereocenters. The number of carbonyl (C=O) groups is 3. The van der Waals surface area contributed by atoms with E-state index in [2.05, 4.69) is 0 Å². The summed E-state index contributed by atoms with van der Waals surface area (Å²) in [7, 11) is 0. The lowest BCUT2D eigenvalue weighted by Crippen LogP contribution is -2.56. The molecule has 0 aliphatic heterocycles. The molecule has 0 unspecified atom stereocenters. The SMILES string of the molecule is N[C@]1(C(=O)O)[C@H]2[C@@H](C[C@@H]1F)[C@@H]2C(=O)OCOC(=O)C12CC3CC(CC(C3)C1)C2. The lowest BCUT2D eigenvalue weighted by atomic mass is 9.49. The summed E-state index contributed by atoms with van der Waals surface area (Å²) >= 11 is 0. The Kier molecular flexibility index (Phi) is 3.87. The van der Waals surface area contributed by atoms with Crippen molar-refractivity contribution in [1.29, 1.82) is 0 Å². The number of aliphatic carboxylic acids is 1. The summed E-state index contributed by atoms with van der Waals surface area (Å²) in [6, 6.07) is 0. The van der Waals surface area contributed by atoms with Crippen molar-refractivity contribution in [2.24, 2.45) is 46.7 Å². The lowest BCUT2D eigenvalue weighted by molar-refractivity contribution is -0.187. The number of fused-ring (bicyclic) bond motifs is 1. The van der Waals surface area contributed by atoms with Gasteiger partial charge in [0.25, 0.3) is 0 Å². The number of hydrogen-bond acceptors (Lipinski definition) is 6. The number of carboxylic acid groups (broad SMARTS) is 1. The fraction of sp³-hybridized carbons (Fsp3) is 0.850. The third-order valence-corrected chi connectivity index (χ3v) is 8.22. The standard InChI is InChI=1S/C20H26FNO6/c21-13-4-12-14(15(12)20(13,22)17(24)25)16(23)27-8-28-18(26)19-5-9-1-10(6-19)3-11(2-9)7-19/h9-15H,1-8,22H2,(H,24,25)/t9?,10?,11?,12-,13-,14-,15-,19?,20-/m0/s1. The van der Waals surface area contributed by atoms with E-state index in [0.29, 0.717) is 17.8 Å². The second-order valence-electron chi connectivity index (χ2n) is 9.87. The molecule has 3 N–H and O–H groups in total. The van der Waals surface area contributed by atoms with Crippen molar-refractivity contribution in [3.05, 3.63) is 0 Å². The molecule has 0 saturated heterocycles. The van der Waals surface area contributed by atoms with Crippen LogP contribution in [0.15, 0.2) is 0 Å². The number of esters is 2. The van der Waals surface area contributed by atoms with Crippen molar-refractivity contribution < 1.29 is 33.4 Å². The van der Waals surface area contributed by atoms with E-state index in [4.69, 9.17) is 15.2 Å². The topological polar surface area (TPSA) is 116 Å². The van der Waals surface area contributed by atoms with E-state index in [9.17, 15) is 23.9 Å². The van der Waals surface area contributed by atoms with Crippen LogP contribution in [0.3, 0.4) is 0 Å². The van der Waals surface area contributed by atoms with Gasteiger partial charge in [-0.1, -0.05) is 0 Å². The van der Waals surface area contributed by atoms with Crippen LogP contribution in [0.5, 0.6) is 0 Å². The second kappa shape index (κ2) is 5.90. The van der Waals surface area contributed by atoms with Crippen LogP contribution in [0.1, 0.15) is 44.9 Å². The molecule has 7 nitrogen and oxygen atoms in total. The number of ether oxygens (including phenoxy) is 2. The fourth-order valence-electron chi connectivity index (χ4n) is 7.31. The first-order valence-corrected chi connectivity index (χ1v) is 10.2. The van der Waals surface area contributed by atoms with Gasteiger partial charge in [-0.25, -0.2) is 4.39 Å². The molecule has 154 valence electrons. The van der Waals surface area contributed by atoms with Gasteiger partial charge in [0.2, 0.25) is 6.79 Å². The highest BCUT2D eigenvalue weighted by Gasteiger charge is 2.74. The van der Waals surface area contributed by atoms with Gasteiger partial charge in [0.05, 0.1) is 11.3 Å². The molecule has 6 aliphatic carbocycles. The maximum Gasteiger partial charge on any atom is 0.327 e. The van der Waals surface area contributed by atoms with Crippen LogP contribution in [-0.4, -0.2) is 41.5 Å². The van der Waals surface area contributed by atoms with Crippen LogP contribution in [-0.2, 0) is 23.9 Å². The van der Waals surface area contributed by atoms with Gasteiger partial charge in [0.1, 0.15) is 11.7 Å². The van der Waals surface area contributed by atoms with Crippen molar-refractivity contribution in [2.75, 3.05) is 6.79 Å². The number of carbonyl (C=O) groups excluding carboxylic acids is 2. The molecule has 8 heteroatoms. The average Bonchev–Trinajstić information content (AvgIpc) is 3.26. The molecule has 6 aliphatic rings. The summed E-state index contributed by atoms with van der Waals surface area (Å²) in [6.07, 6.45) is 4.52. The minimum Gasteiger partial charge on any atom is -0.480 e. The first-order chi connectivity index (χ1) is 13.2. The van der Waals surface area contributed by atoms with Crippen molar-refractivity contribution >= 4 is 17.9 Å². The van der Waals surface area contributed by atoms with Gasteiger partial charge in [-0.15, -0.1) is 0 Å². The highest BCUT2D eigenvalue weighted by atomic mass is 19.1. The van der Waals surface area contributed by atoms with Crippen LogP contribution in [0.25, 0.3) is 0 Å². The van der Waals surface area contributed by atoms with Crippen LogP contribution >= 0.6 is 0 Å². The summed E-state index contributed by atoms with van der Waals surface area (Å²) in [5.74, 6) is -2.45. The van der Waals surface area contributed by atoms with Crippen molar-refractivity contribution in [2.45, 2.75) is 56.7 Å². The van der Waals surface area contributed by atoms with Crippen molar-refractivity contribution in [3.8, 4) is 0 Å². The minimum absolute atomic E-state index is 0.0553. The van der Waals surface area contributed by atoms with Gasteiger partial charge in [-0.05, 0) is 68.6 Å². The zero-order valence-electron chi connectivity index (χ0n) is 15.6. The zero-order chi connectivity index (χ0) is 19.8. The molecule has 0 radical (unpaired) electrons. The molecule has 0 amide bonds. The van der Waals surface area contributed by atoms with E-state index < -0.39 is 53.6 Å². The highest BCUT2D eigenvalue weighted by molar-refractivity contribution is 5.86. The molecule has 28 heavy (non-hydrogen) atoms. The molecule has 4 bridgehead atoms. The largest absolute Gasteiger partial charge is 0.480 e. The van der Waals surface area contributed by atoms with Gasteiger partial charge in [-0.2, -0.15) is 0 Å². The van der Waals surface area contributed by atoms with Crippen LogP contribution in [0.4, 0.5) is 4.39 Å². The van der Waals surface area contributed by atoms with E-state index in [1.807, 2.05) is 0 Å². The summed E-state index contributed by atoms with van der Waals surface area (Å²) in [5.41, 5.74) is 3.28. The maximum atomic E-state index is 13.9. The number of alkyl halides is 1. The van der Waals surface area contributed by atoms with Gasteiger partial charge in [-0.3, -0.25) is 14.4 Å².